The van der Waals surface area contributed by atoms with Gasteiger partial charge in [0.25, 0.3) is 5.69 Å². The molecular formula is C16H17ClN2O2. The van der Waals surface area contributed by atoms with Crippen LogP contribution in [-0.4, -0.2) is 4.92 Å². The van der Waals surface area contributed by atoms with Crippen LogP contribution in [0, 0.1) is 24.0 Å². The zero-order valence-corrected chi connectivity index (χ0v) is 12.9. The Hall–Kier alpha value is -2.07. The molecule has 0 aliphatic heterocycles. The van der Waals surface area contributed by atoms with Crippen LogP contribution in [0.1, 0.15) is 29.7 Å². The summed E-state index contributed by atoms with van der Waals surface area (Å²) in [6.45, 7) is 6.16. The van der Waals surface area contributed by atoms with Crippen molar-refractivity contribution in [3.63, 3.8) is 0 Å². The number of anilines is 1. The third kappa shape index (κ3) is 3.52. The molecule has 2 aromatic rings. The zero-order chi connectivity index (χ0) is 15.6. The van der Waals surface area contributed by atoms with Crippen molar-refractivity contribution in [3.05, 3.63) is 68.2 Å². The maximum absolute atomic E-state index is 10.9. The average Bonchev–Trinajstić information content (AvgIpc) is 2.43. The predicted molar refractivity (Wildman–Crippen MR) is 86.1 cm³/mol. The van der Waals surface area contributed by atoms with Gasteiger partial charge in [-0.3, -0.25) is 10.1 Å². The first-order valence-corrected chi connectivity index (χ1v) is 7.04. The van der Waals surface area contributed by atoms with Gasteiger partial charge in [-0.05, 0) is 49.6 Å². The summed E-state index contributed by atoms with van der Waals surface area (Å²) in [7, 11) is 0. The van der Waals surface area contributed by atoms with E-state index in [2.05, 4.69) is 37.4 Å². The molecule has 0 aromatic heterocycles. The second kappa shape index (κ2) is 6.14. The predicted octanol–water partition coefficient (Wildman–Crippen LogP) is 5.04. The standard InChI is InChI=1S/C16H17ClN2O2/c1-10-4-5-13(8-11(10)2)12(3)18-14-6-7-15(17)16(9-14)19(20)21/h4-9,12,18H,1-3H3. The summed E-state index contributed by atoms with van der Waals surface area (Å²) < 4.78 is 0. The van der Waals surface area contributed by atoms with Crippen molar-refractivity contribution in [1.82, 2.24) is 0 Å². The molecule has 2 aromatic carbocycles. The van der Waals surface area contributed by atoms with Gasteiger partial charge < -0.3 is 5.32 Å². The maximum atomic E-state index is 10.9. The molecule has 4 nitrogen and oxygen atoms in total. The molecule has 1 atom stereocenters. The van der Waals surface area contributed by atoms with Crippen molar-refractivity contribution in [3.8, 4) is 0 Å². The van der Waals surface area contributed by atoms with Gasteiger partial charge in [-0.1, -0.05) is 29.8 Å². The maximum Gasteiger partial charge on any atom is 0.289 e. The number of hydrogen-bond acceptors (Lipinski definition) is 3. The Labute approximate surface area is 128 Å². The molecule has 0 fully saturated rings. The third-order valence-corrected chi connectivity index (χ3v) is 3.88. The Kier molecular flexibility index (Phi) is 4.48. The Morgan fingerprint density at radius 3 is 2.48 bits per heavy atom. The summed E-state index contributed by atoms with van der Waals surface area (Å²) in [4.78, 5) is 10.4. The summed E-state index contributed by atoms with van der Waals surface area (Å²) in [6, 6.07) is 11.0. The van der Waals surface area contributed by atoms with Gasteiger partial charge in [0.1, 0.15) is 5.02 Å². The van der Waals surface area contributed by atoms with Gasteiger partial charge in [0.05, 0.1) is 4.92 Å². The quantitative estimate of drug-likeness (QED) is 0.636. The molecule has 0 spiro atoms. The third-order valence-electron chi connectivity index (χ3n) is 3.56. The van der Waals surface area contributed by atoms with Crippen LogP contribution in [0.2, 0.25) is 5.02 Å². The van der Waals surface area contributed by atoms with Gasteiger partial charge >= 0.3 is 0 Å². The SMILES string of the molecule is Cc1ccc(C(C)Nc2ccc(Cl)c([N+](=O)[O-])c2)cc1C. The first-order chi connectivity index (χ1) is 9.88. The number of nitrogens with one attached hydrogen (secondary N) is 1. The Bertz CT molecular complexity index is 686. The van der Waals surface area contributed by atoms with Crippen LogP contribution in [0.5, 0.6) is 0 Å². The van der Waals surface area contributed by atoms with E-state index in [4.69, 9.17) is 11.6 Å². The topological polar surface area (TPSA) is 55.2 Å². The minimum Gasteiger partial charge on any atom is -0.378 e. The van der Waals surface area contributed by atoms with Crippen LogP contribution >= 0.6 is 11.6 Å². The number of hydrogen-bond donors (Lipinski definition) is 1. The van der Waals surface area contributed by atoms with Crippen LogP contribution in [0.4, 0.5) is 11.4 Å². The number of nitro groups is 1. The lowest BCUT2D eigenvalue weighted by molar-refractivity contribution is -0.384. The molecule has 0 saturated carbocycles. The zero-order valence-electron chi connectivity index (χ0n) is 12.2. The van der Waals surface area contributed by atoms with Crippen molar-refractivity contribution in [2.75, 3.05) is 5.32 Å². The molecule has 1 N–H and O–H groups in total. The molecule has 21 heavy (non-hydrogen) atoms. The Balaban J connectivity index is 2.23. The monoisotopic (exact) mass is 304 g/mol. The summed E-state index contributed by atoms with van der Waals surface area (Å²) in [6.07, 6.45) is 0. The van der Waals surface area contributed by atoms with Gasteiger partial charge in [-0.25, -0.2) is 0 Å². The van der Waals surface area contributed by atoms with E-state index in [1.54, 1.807) is 6.07 Å². The highest BCUT2D eigenvalue weighted by Gasteiger charge is 2.14. The Morgan fingerprint density at radius 2 is 1.86 bits per heavy atom. The average molecular weight is 305 g/mol. The highest BCUT2D eigenvalue weighted by molar-refractivity contribution is 6.32. The molecule has 0 amide bonds. The van der Waals surface area contributed by atoms with Crippen LogP contribution in [0.3, 0.4) is 0 Å². The van der Waals surface area contributed by atoms with E-state index in [0.29, 0.717) is 5.69 Å². The van der Waals surface area contributed by atoms with E-state index in [-0.39, 0.29) is 16.8 Å². The number of halogens is 1. The highest BCUT2D eigenvalue weighted by atomic mass is 35.5. The summed E-state index contributed by atoms with van der Waals surface area (Å²) in [5, 5.41) is 14.3. The van der Waals surface area contributed by atoms with E-state index < -0.39 is 4.92 Å². The molecule has 110 valence electrons. The van der Waals surface area contributed by atoms with Crippen LogP contribution < -0.4 is 5.32 Å². The fraction of sp³-hybridized carbons (Fsp3) is 0.250. The number of nitrogens with zero attached hydrogens (tertiary/aromatic N) is 1. The largest absolute Gasteiger partial charge is 0.378 e. The summed E-state index contributed by atoms with van der Waals surface area (Å²) >= 11 is 5.81. The molecule has 0 radical (unpaired) electrons. The van der Waals surface area contributed by atoms with Gasteiger partial charge in [-0.2, -0.15) is 0 Å². The fourth-order valence-corrected chi connectivity index (χ4v) is 2.30. The molecule has 0 saturated heterocycles. The van der Waals surface area contributed by atoms with E-state index >= 15 is 0 Å². The summed E-state index contributed by atoms with van der Waals surface area (Å²) in [5.74, 6) is 0. The van der Waals surface area contributed by atoms with Gasteiger partial charge in [0, 0.05) is 17.8 Å². The molecule has 1 unspecified atom stereocenters. The molecule has 2 rings (SSSR count). The molecule has 0 bridgehead atoms. The number of rotatable bonds is 4. The van der Waals surface area contributed by atoms with E-state index in [1.165, 1.54) is 23.3 Å². The van der Waals surface area contributed by atoms with Crippen LogP contribution in [-0.2, 0) is 0 Å². The molecule has 0 heterocycles. The molecule has 0 aliphatic rings. The lowest BCUT2D eigenvalue weighted by atomic mass is 10.0. The summed E-state index contributed by atoms with van der Waals surface area (Å²) in [5.41, 5.74) is 4.19. The van der Waals surface area contributed by atoms with Crippen molar-refractivity contribution in [2.45, 2.75) is 26.8 Å². The van der Waals surface area contributed by atoms with E-state index in [1.807, 2.05) is 6.92 Å². The van der Waals surface area contributed by atoms with Crippen molar-refractivity contribution >= 4 is 23.0 Å². The smallest absolute Gasteiger partial charge is 0.289 e. The first-order valence-electron chi connectivity index (χ1n) is 6.66. The van der Waals surface area contributed by atoms with Crippen molar-refractivity contribution in [1.29, 1.82) is 0 Å². The first kappa shape index (κ1) is 15.3. The highest BCUT2D eigenvalue weighted by Crippen LogP contribution is 2.29. The second-order valence-corrected chi connectivity index (χ2v) is 5.54. The normalized spacial score (nSPS) is 12.0. The number of benzene rings is 2. The van der Waals surface area contributed by atoms with Gasteiger partial charge in [0.2, 0.25) is 0 Å². The van der Waals surface area contributed by atoms with E-state index in [9.17, 15) is 10.1 Å². The molecule has 0 aliphatic carbocycles. The Morgan fingerprint density at radius 1 is 1.14 bits per heavy atom. The van der Waals surface area contributed by atoms with Gasteiger partial charge in [0.15, 0.2) is 0 Å². The lowest BCUT2D eigenvalue weighted by Gasteiger charge is -2.17. The van der Waals surface area contributed by atoms with E-state index in [0.717, 1.165) is 5.56 Å². The number of nitro benzene ring substituents is 1. The van der Waals surface area contributed by atoms with Crippen LogP contribution in [0.25, 0.3) is 0 Å². The van der Waals surface area contributed by atoms with Crippen LogP contribution in [0.15, 0.2) is 36.4 Å². The van der Waals surface area contributed by atoms with Gasteiger partial charge in [-0.15, -0.1) is 0 Å². The van der Waals surface area contributed by atoms with Crippen molar-refractivity contribution < 1.29 is 4.92 Å². The lowest BCUT2D eigenvalue weighted by Crippen LogP contribution is -2.07. The second-order valence-electron chi connectivity index (χ2n) is 5.13. The molecule has 5 heteroatoms. The molecular weight excluding hydrogens is 288 g/mol. The minimum absolute atomic E-state index is 0.0464. The fourth-order valence-electron chi connectivity index (χ4n) is 2.11. The minimum atomic E-state index is -0.478. The number of aryl methyl sites for hydroxylation is 2. The van der Waals surface area contributed by atoms with Crippen molar-refractivity contribution in [2.24, 2.45) is 0 Å².